The van der Waals surface area contributed by atoms with Crippen molar-refractivity contribution in [1.82, 2.24) is 0 Å². The molecule has 11 nitrogen and oxygen atoms in total. The zero-order valence-corrected chi connectivity index (χ0v) is 24.5. The largest absolute Gasteiger partial charge is 0.513 e. The molecular formula is C29H45NO10. The van der Waals surface area contributed by atoms with Crippen LogP contribution in [0.25, 0.3) is 0 Å². The Balaban J connectivity index is 3.35. The highest BCUT2D eigenvalue weighted by Crippen LogP contribution is 2.37. The van der Waals surface area contributed by atoms with Gasteiger partial charge in [0.1, 0.15) is 12.1 Å². The van der Waals surface area contributed by atoms with E-state index in [1.165, 1.54) is 18.2 Å². The maximum Gasteiger partial charge on any atom is 0.513 e. The molecule has 0 radical (unpaired) electrons. The standard InChI is InChI=1S/C29H45NO10/c1-7-10-14-36-28(34)39-22-13-12-21(17-23(22)40-29(35)37-15-11-8-2)25(26(30)27(32)33)19(5)20(6)38-24(31)16-18(4)9-3/h12-13,17-20,25-26H,7-11,14-16,30H2,1-6H3,(H,32,33)/t18?,19?,20?,25?,26-/m0/s1. The van der Waals surface area contributed by atoms with Crippen molar-refractivity contribution in [3.63, 3.8) is 0 Å². The van der Waals surface area contributed by atoms with Gasteiger partial charge in [0, 0.05) is 18.3 Å². The summed E-state index contributed by atoms with van der Waals surface area (Å²) in [6.45, 7) is 11.5. The average Bonchev–Trinajstić information content (AvgIpc) is 2.90. The van der Waals surface area contributed by atoms with Crippen LogP contribution in [-0.2, 0) is 23.8 Å². The SMILES string of the molecule is CCCCOC(=O)Oc1ccc(C(C(C)C(C)OC(=O)CC(C)CC)[C@H](N)C(=O)O)cc1OC(=O)OCCCC. The maximum absolute atomic E-state index is 12.4. The first-order chi connectivity index (χ1) is 18.9. The molecule has 1 rings (SSSR count). The van der Waals surface area contributed by atoms with E-state index in [9.17, 15) is 24.3 Å². The zero-order chi connectivity index (χ0) is 30.2. The van der Waals surface area contributed by atoms with Crippen LogP contribution in [0, 0.1) is 11.8 Å². The molecule has 1 aromatic carbocycles. The monoisotopic (exact) mass is 567 g/mol. The van der Waals surface area contributed by atoms with Crippen LogP contribution in [0.2, 0.25) is 0 Å². The lowest BCUT2D eigenvalue weighted by Gasteiger charge is -2.32. The Morgan fingerprint density at radius 2 is 1.43 bits per heavy atom. The number of carboxylic acid groups (broad SMARTS) is 1. The van der Waals surface area contributed by atoms with Crippen molar-refractivity contribution < 1.29 is 48.0 Å². The molecule has 0 aliphatic carbocycles. The van der Waals surface area contributed by atoms with E-state index in [2.05, 4.69) is 0 Å². The van der Waals surface area contributed by atoms with Crippen molar-refractivity contribution in [2.75, 3.05) is 13.2 Å². The molecule has 0 aliphatic rings. The molecule has 0 amide bonds. The van der Waals surface area contributed by atoms with Gasteiger partial charge in [0.25, 0.3) is 0 Å². The van der Waals surface area contributed by atoms with Gasteiger partial charge in [-0.3, -0.25) is 9.59 Å². The maximum atomic E-state index is 12.4. The molecule has 4 unspecified atom stereocenters. The van der Waals surface area contributed by atoms with E-state index in [1.807, 2.05) is 27.7 Å². The van der Waals surface area contributed by atoms with E-state index < -0.39 is 42.3 Å². The van der Waals surface area contributed by atoms with Gasteiger partial charge in [-0.25, -0.2) is 9.59 Å². The van der Waals surface area contributed by atoms with Gasteiger partial charge in [0.2, 0.25) is 0 Å². The molecule has 0 spiro atoms. The van der Waals surface area contributed by atoms with Crippen LogP contribution in [0.3, 0.4) is 0 Å². The summed E-state index contributed by atoms with van der Waals surface area (Å²) in [7, 11) is 0. The Labute approximate surface area is 236 Å². The molecule has 11 heteroatoms. The lowest BCUT2D eigenvalue weighted by Crippen LogP contribution is -2.42. The number of nitrogens with two attached hydrogens (primary N) is 1. The van der Waals surface area contributed by atoms with E-state index in [-0.39, 0.29) is 43.0 Å². The summed E-state index contributed by atoms with van der Waals surface area (Å²) in [4.78, 5) is 48.9. The Morgan fingerprint density at radius 1 is 0.875 bits per heavy atom. The Kier molecular flexibility index (Phi) is 15.7. The molecule has 0 fully saturated rings. The topological polar surface area (TPSA) is 161 Å². The molecule has 3 N–H and O–H groups in total. The molecule has 1 aromatic rings. The summed E-state index contributed by atoms with van der Waals surface area (Å²) in [6, 6.07) is 2.86. The van der Waals surface area contributed by atoms with Crippen molar-refractivity contribution in [2.24, 2.45) is 17.6 Å². The fourth-order valence-corrected chi connectivity index (χ4v) is 3.81. The quantitative estimate of drug-likeness (QED) is 0.101. The fourth-order valence-electron chi connectivity index (χ4n) is 3.81. The zero-order valence-electron chi connectivity index (χ0n) is 24.5. The van der Waals surface area contributed by atoms with Crippen LogP contribution < -0.4 is 15.2 Å². The number of carboxylic acids is 1. The molecule has 0 heterocycles. The number of carbonyl (C=O) groups excluding carboxylic acids is 3. The third-order valence-corrected chi connectivity index (χ3v) is 6.68. The number of unbranched alkanes of at least 4 members (excludes halogenated alkanes) is 2. The van der Waals surface area contributed by atoms with Crippen molar-refractivity contribution in [2.45, 2.75) is 98.1 Å². The first-order valence-electron chi connectivity index (χ1n) is 14.0. The smallest absolute Gasteiger partial charge is 0.480 e. The highest BCUT2D eigenvalue weighted by atomic mass is 16.7. The van der Waals surface area contributed by atoms with Gasteiger partial charge in [-0.05, 0) is 43.4 Å². The molecule has 0 aliphatic heterocycles. The minimum atomic E-state index is -1.39. The second-order valence-corrected chi connectivity index (χ2v) is 9.98. The summed E-state index contributed by atoms with van der Waals surface area (Å²) in [5.41, 5.74) is 6.48. The Bertz CT molecular complexity index is 966. The van der Waals surface area contributed by atoms with Gasteiger partial charge in [0.15, 0.2) is 11.5 Å². The summed E-state index contributed by atoms with van der Waals surface area (Å²) in [6.07, 6.45) is 1.25. The molecule has 226 valence electrons. The third kappa shape index (κ3) is 11.8. The highest BCUT2D eigenvalue weighted by molar-refractivity contribution is 5.75. The second kappa shape index (κ2) is 18.1. The van der Waals surface area contributed by atoms with Gasteiger partial charge in [0.05, 0.1) is 13.2 Å². The first kappa shape index (κ1) is 34.7. The van der Waals surface area contributed by atoms with Crippen LogP contribution >= 0.6 is 0 Å². The molecule has 40 heavy (non-hydrogen) atoms. The van der Waals surface area contributed by atoms with E-state index >= 15 is 0 Å². The molecule has 0 saturated heterocycles. The summed E-state index contributed by atoms with van der Waals surface area (Å²) in [5, 5.41) is 9.76. The summed E-state index contributed by atoms with van der Waals surface area (Å²) in [5.74, 6) is -3.24. The first-order valence-corrected chi connectivity index (χ1v) is 14.0. The number of rotatable bonds is 17. The fraction of sp³-hybridized carbons (Fsp3) is 0.655. The number of benzene rings is 1. The van der Waals surface area contributed by atoms with Crippen molar-refractivity contribution in [1.29, 1.82) is 0 Å². The third-order valence-electron chi connectivity index (χ3n) is 6.68. The Hall–Kier alpha value is -3.34. The van der Waals surface area contributed by atoms with Crippen LogP contribution in [0.1, 0.15) is 91.5 Å². The van der Waals surface area contributed by atoms with E-state index in [4.69, 9.17) is 29.4 Å². The van der Waals surface area contributed by atoms with Gasteiger partial charge >= 0.3 is 24.2 Å². The van der Waals surface area contributed by atoms with Gasteiger partial charge in [-0.15, -0.1) is 0 Å². The van der Waals surface area contributed by atoms with Crippen molar-refractivity contribution in [3.8, 4) is 11.5 Å². The van der Waals surface area contributed by atoms with Crippen molar-refractivity contribution >= 4 is 24.2 Å². The lowest BCUT2D eigenvalue weighted by atomic mass is 9.79. The highest BCUT2D eigenvalue weighted by Gasteiger charge is 2.36. The predicted octanol–water partition coefficient (Wildman–Crippen LogP) is 5.82. The predicted molar refractivity (Wildman–Crippen MR) is 147 cm³/mol. The van der Waals surface area contributed by atoms with E-state index in [0.717, 1.165) is 19.3 Å². The number of hydrogen-bond acceptors (Lipinski definition) is 10. The van der Waals surface area contributed by atoms with Crippen molar-refractivity contribution in [3.05, 3.63) is 23.8 Å². The van der Waals surface area contributed by atoms with E-state index in [0.29, 0.717) is 18.4 Å². The molecule has 5 atom stereocenters. The van der Waals surface area contributed by atoms with Crippen LogP contribution in [-0.4, -0.2) is 54.7 Å². The van der Waals surface area contributed by atoms with Gasteiger partial charge in [-0.2, -0.15) is 0 Å². The summed E-state index contributed by atoms with van der Waals surface area (Å²) >= 11 is 0. The number of carbonyl (C=O) groups is 4. The van der Waals surface area contributed by atoms with Crippen LogP contribution in [0.15, 0.2) is 18.2 Å². The molecule has 0 saturated carbocycles. The second-order valence-electron chi connectivity index (χ2n) is 9.98. The minimum absolute atomic E-state index is 0.124. The Morgan fingerprint density at radius 3 is 1.93 bits per heavy atom. The normalized spacial score (nSPS) is 14.7. The minimum Gasteiger partial charge on any atom is -0.480 e. The average molecular weight is 568 g/mol. The molecular weight excluding hydrogens is 522 g/mol. The number of hydrogen-bond donors (Lipinski definition) is 2. The van der Waals surface area contributed by atoms with E-state index in [1.54, 1.807) is 13.8 Å². The van der Waals surface area contributed by atoms with Crippen LogP contribution in [0.4, 0.5) is 9.59 Å². The number of ether oxygens (including phenoxy) is 5. The molecule has 0 bridgehead atoms. The summed E-state index contributed by atoms with van der Waals surface area (Å²) < 4.78 is 26.3. The molecule has 0 aromatic heterocycles. The lowest BCUT2D eigenvalue weighted by molar-refractivity contribution is -0.152. The van der Waals surface area contributed by atoms with Crippen LogP contribution in [0.5, 0.6) is 11.5 Å². The number of aliphatic carboxylic acids is 1. The number of esters is 1. The van der Waals surface area contributed by atoms with Gasteiger partial charge < -0.3 is 34.5 Å². The van der Waals surface area contributed by atoms with Gasteiger partial charge in [-0.1, -0.05) is 59.9 Å².